The van der Waals surface area contributed by atoms with E-state index < -0.39 is 5.97 Å². The van der Waals surface area contributed by atoms with E-state index in [9.17, 15) is 9.90 Å². The molecule has 0 fully saturated rings. The first-order valence-corrected chi connectivity index (χ1v) is 8.87. The molecule has 0 amide bonds. The number of rotatable bonds is 6. The Hall–Kier alpha value is -3.05. The molecule has 2 N–H and O–H groups in total. The molecule has 132 valence electrons. The zero-order chi connectivity index (χ0) is 18.5. The van der Waals surface area contributed by atoms with Gasteiger partial charge in [0.15, 0.2) is 5.06 Å². The first-order valence-electron chi connectivity index (χ1n) is 8.05. The molecule has 0 unspecified atom stereocenters. The molecule has 3 aromatic rings. The number of thiophene rings is 1. The Morgan fingerprint density at radius 1 is 1.08 bits per heavy atom. The number of hydrogen-bond donors (Lipinski definition) is 2. The van der Waals surface area contributed by atoms with Gasteiger partial charge in [0.2, 0.25) is 0 Å². The van der Waals surface area contributed by atoms with Crippen molar-refractivity contribution in [2.24, 2.45) is 0 Å². The molecule has 0 atom stereocenters. The van der Waals surface area contributed by atoms with Gasteiger partial charge in [0.25, 0.3) is 0 Å². The van der Waals surface area contributed by atoms with Crippen LogP contribution in [0.4, 0.5) is 0 Å². The number of aromatic hydroxyl groups is 1. The van der Waals surface area contributed by atoms with E-state index in [-0.39, 0.29) is 11.3 Å². The Morgan fingerprint density at radius 2 is 1.81 bits per heavy atom. The summed E-state index contributed by atoms with van der Waals surface area (Å²) in [7, 11) is 0. The summed E-state index contributed by atoms with van der Waals surface area (Å²) >= 11 is 1.55. The number of para-hydroxylation sites is 1. The van der Waals surface area contributed by atoms with E-state index in [0.717, 1.165) is 21.1 Å². The average Bonchev–Trinajstić information content (AvgIpc) is 2.99. The van der Waals surface area contributed by atoms with Crippen LogP contribution in [0, 0.1) is 6.92 Å². The predicted octanol–water partition coefficient (Wildman–Crippen LogP) is 5.21. The maximum Gasteiger partial charge on any atom is 0.339 e. The number of carboxylic acids is 1. The van der Waals surface area contributed by atoms with Crippen LogP contribution in [-0.4, -0.2) is 16.2 Å². The summed E-state index contributed by atoms with van der Waals surface area (Å²) in [6.07, 6.45) is 3.52. The highest BCUT2D eigenvalue weighted by atomic mass is 32.1. The van der Waals surface area contributed by atoms with Crippen LogP contribution >= 0.6 is 11.3 Å². The van der Waals surface area contributed by atoms with Crippen LogP contribution in [0.2, 0.25) is 0 Å². The summed E-state index contributed by atoms with van der Waals surface area (Å²) in [4.78, 5) is 12.2. The molecule has 0 bridgehead atoms. The van der Waals surface area contributed by atoms with Crippen LogP contribution in [0.25, 0.3) is 12.2 Å². The van der Waals surface area contributed by atoms with Crippen LogP contribution < -0.4 is 4.74 Å². The van der Waals surface area contributed by atoms with Gasteiger partial charge >= 0.3 is 5.97 Å². The van der Waals surface area contributed by atoms with Crippen molar-refractivity contribution in [2.75, 3.05) is 0 Å². The average molecular weight is 366 g/mol. The minimum atomic E-state index is -1.16. The molecular formula is C21H18O4S. The molecule has 26 heavy (non-hydrogen) atoms. The first kappa shape index (κ1) is 17.8. The number of aryl methyl sites for hydroxylation is 1. The van der Waals surface area contributed by atoms with Crippen LogP contribution in [-0.2, 0) is 6.61 Å². The zero-order valence-electron chi connectivity index (χ0n) is 14.2. The van der Waals surface area contributed by atoms with Crippen LogP contribution in [0.5, 0.6) is 10.8 Å². The summed E-state index contributed by atoms with van der Waals surface area (Å²) < 4.78 is 5.94. The molecule has 0 aliphatic rings. The smallest absolute Gasteiger partial charge is 0.339 e. The van der Waals surface area contributed by atoms with Gasteiger partial charge in [-0.3, -0.25) is 0 Å². The second-order valence-corrected chi connectivity index (χ2v) is 6.97. The Kier molecular flexibility index (Phi) is 5.39. The minimum Gasteiger partial charge on any atom is -0.506 e. The van der Waals surface area contributed by atoms with E-state index in [1.54, 1.807) is 29.5 Å². The summed E-state index contributed by atoms with van der Waals surface area (Å²) in [6.45, 7) is 2.47. The van der Waals surface area contributed by atoms with Gasteiger partial charge in [-0.1, -0.05) is 48.5 Å². The van der Waals surface area contributed by atoms with E-state index in [0.29, 0.717) is 12.2 Å². The molecule has 3 rings (SSSR count). The van der Waals surface area contributed by atoms with Gasteiger partial charge in [-0.2, -0.15) is 0 Å². The maximum absolute atomic E-state index is 11.1. The lowest BCUT2D eigenvalue weighted by atomic mass is 10.1. The van der Waals surface area contributed by atoms with Crippen molar-refractivity contribution < 1.29 is 19.7 Å². The fraction of sp³-hybridized carbons (Fsp3) is 0.0952. The quantitative estimate of drug-likeness (QED) is 0.628. The van der Waals surface area contributed by atoms with Gasteiger partial charge < -0.3 is 14.9 Å². The van der Waals surface area contributed by atoms with Crippen molar-refractivity contribution in [3.05, 3.63) is 81.7 Å². The largest absolute Gasteiger partial charge is 0.506 e. The molecule has 0 spiro atoms. The van der Waals surface area contributed by atoms with Gasteiger partial charge in [0, 0.05) is 16.0 Å². The summed E-state index contributed by atoms with van der Waals surface area (Å²) in [6, 6.07) is 16.6. The fourth-order valence-corrected chi connectivity index (χ4v) is 3.35. The maximum atomic E-state index is 11.1. The van der Waals surface area contributed by atoms with E-state index in [4.69, 9.17) is 9.84 Å². The standard InChI is InChI=1S/C21H18O4S/c1-14-12-17(21(26-14)25-13-15-6-3-2-4-7-15)11-10-16-8-5-9-18(19(16)22)20(23)24/h2-12,22H,13H2,1H3,(H,23,24). The molecule has 1 heterocycles. The highest BCUT2D eigenvalue weighted by Gasteiger charge is 2.12. The summed E-state index contributed by atoms with van der Waals surface area (Å²) in [5.74, 6) is -1.40. The molecule has 0 saturated carbocycles. The number of carboxylic acid groups (broad SMARTS) is 1. The highest BCUT2D eigenvalue weighted by Crippen LogP contribution is 2.33. The molecule has 1 aromatic heterocycles. The molecule has 0 aliphatic heterocycles. The number of benzene rings is 2. The Bertz CT molecular complexity index is 942. The van der Waals surface area contributed by atoms with Crippen molar-refractivity contribution in [2.45, 2.75) is 13.5 Å². The van der Waals surface area contributed by atoms with E-state index >= 15 is 0 Å². The van der Waals surface area contributed by atoms with Crippen molar-refractivity contribution in [1.29, 1.82) is 0 Å². The van der Waals surface area contributed by atoms with E-state index in [1.807, 2.05) is 49.4 Å². The molecule has 4 nitrogen and oxygen atoms in total. The number of aromatic carboxylic acids is 1. The third kappa shape index (κ3) is 4.13. The number of hydrogen-bond acceptors (Lipinski definition) is 4. The topological polar surface area (TPSA) is 66.8 Å². The van der Waals surface area contributed by atoms with Gasteiger partial charge in [-0.15, -0.1) is 11.3 Å². The van der Waals surface area contributed by atoms with Gasteiger partial charge in [-0.25, -0.2) is 4.79 Å². The highest BCUT2D eigenvalue weighted by molar-refractivity contribution is 7.14. The number of ether oxygens (including phenoxy) is 1. The van der Waals surface area contributed by atoms with Crippen molar-refractivity contribution in [3.63, 3.8) is 0 Å². The third-order valence-electron chi connectivity index (χ3n) is 3.80. The van der Waals surface area contributed by atoms with Crippen molar-refractivity contribution in [1.82, 2.24) is 0 Å². The van der Waals surface area contributed by atoms with E-state index in [2.05, 4.69) is 0 Å². The van der Waals surface area contributed by atoms with Crippen LogP contribution in [0.3, 0.4) is 0 Å². The molecule has 0 radical (unpaired) electrons. The Morgan fingerprint density at radius 3 is 2.54 bits per heavy atom. The molecule has 0 saturated heterocycles. The second kappa shape index (κ2) is 7.89. The summed E-state index contributed by atoms with van der Waals surface area (Å²) in [5.41, 5.74) is 2.31. The van der Waals surface area contributed by atoms with Crippen LogP contribution in [0.1, 0.15) is 31.9 Å². The molecule has 5 heteroatoms. The summed E-state index contributed by atoms with van der Waals surface area (Å²) in [5, 5.41) is 20.0. The first-order chi connectivity index (χ1) is 12.5. The minimum absolute atomic E-state index is 0.116. The second-order valence-electron chi connectivity index (χ2n) is 5.76. The normalized spacial score (nSPS) is 11.0. The number of carbonyl (C=O) groups is 1. The molecule has 2 aromatic carbocycles. The number of phenols is 1. The predicted molar refractivity (Wildman–Crippen MR) is 104 cm³/mol. The monoisotopic (exact) mass is 366 g/mol. The lowest BCUT2D eigenvalue weighted by Gasteiger charge is -2.05. The SMILES string of the molecule is Cc1cc(C=Cc2cccc(C(=O)O)c2O)c(OCc2ccccc2)s1. The Balaban J connectivity index is 1.81. The Labute approximate surface area is 155 Å². The van der Waals surface area contributed by atoms with E-state index in [1.165, 1.54) is 6.07 Å². The zero-order valence-corrected chi connectivity index (χ0v) is 15.0. The fourth-order valence-electron chi connectivity index (χ4n) is 2.51. The van der Waals surface area contributed by atoms with Crippen LogP contribution in [0.15, 0.2) is 54.6 Å². The van der Waals surface area contributed by atoms with Gasteiger partial charge in [0.05, 0.1) is 0 Å². The molecular weight excluding hydrogens is 348 g/mol. The van der Waals surface area contributed by atoms with Gasteiger partial charge in [-0.05, 0) is 30.7 Å². The third-order valence-corrected chi connectivity index (χ3v) is 4.78. The van der Waals surface area contributed by atoms with Crippen molar-refractivity contribution >= 4 is 29.5 Å². The van der Waals surface area contributed by atoms with Crippen molar-refractivity contribution in [3.8, 4) is 10.8 Å². The molecule has 0 aliphatic carbocycles. The lowest BCUT2D eigenvalue weighted by molar-refractivity contribution is 0.0693. The van der Waals surface area contributed by atoms with Gasteiger partial charge in [0.1, 0.15) is 17.9 Å². The lowest BCUT2D eigenvalue weighted by Crippen LogP contribution is -1.97.